The molecule has 118 valence electrons. The molecule has 2 aromatic rings. The summed E-state index contributed by atoms with van der Waals surface area (Å²) in [5.41, 5.74) is 2.18. The van der Waals surface area contributed by atoms with Crippen molar-refractivity contribution in [3.63, 3.8) is 0 Å². The zero-order valence-electron chi connectivity index (χ0n) is 13.9. The summed E-state index contributed by atoms with van der Waals surface area (Å²) in [6.07, 6.45) is 2.20. The van der Waals surface area contributed by atoms with E-state index in [4.69, 9.17) is 0 Å². The van der Waals surface area contributed by atoms with Crippen molar-refractivity contribution >= 4 is 0 Å². The second kappa shape index (κ2) is 6.04. The monoisotopic (exact) mass is 298 g/mol. The lowest BCUT2D eigenvalue weighted by Crippen LogP contribution is -2.40. The quantitative estimate of drug-likeness (QED) is 0.793. The SMILES string of the molecule is CCCC(C)(C)C(C)(c1ccc(O)cc1)c1ccc(O)cc1. The van der Waals surface area contributed by atoms with Crippen LogP contribution in [0.15, 0.2) is 48.5 Å². The Labute approximate surface area is 133 Å². The number of phenols is 2. The van der Waals surface area contributed by atoms with Gasteiger partial charge in [0.15, 0.2) is 0 Å². The van der Waals surface area contributed by atoms with Gasteiger partial charge in [-0.25, -0.2) is 0 Å². The van der Waals surface area contributed by atoms with Crippen LogP contribution in [0.4, 0.5) is 0 Å². The van der Waals surface area contributed by atoms with Crippen molar-refractivity contribution in [2.24, 2.45) is 5.41 Å². The first-order valence-electron chi connectivity index (χ1n) is 7.90. The Morgan fingerprint density at radius 1 is 0.727 bits per heavy atom. The van der Waals surface area contributed by atoms with Crippen LogP contribution in [0.3, 0.4) is 0 Å². The van der Waals surface area contributed by atoms with Gasteiger partial charge in [-0.3, -0.25) is 0 Å². The second-order valence-corrected chi connectivity index (χ2v) is 6.85. The standard InChI is InChI=1S/C20H26O2/c1-5-14-19(2,3)20(4,15-6-10-17(21)11-7-15)16-8-12-18(22)13-9-16/h6-13,21-22H,5,14H2,1-4H3. The van der Waals surface area contributed by atoms with E-state index in [-0.39, 0.29) is 22.3 Å². The van der Waals surface area contributed by atoms with E-state index in [0.717, 1.165) is 12.8 Å². The molecule has 0 atom stereocenters. The van der Waals surface area contributed by atoms with Gasteiger partial charge in [-0.2, -0.15) is 0 Å². The Morgan fingerprint density at radius 2 is 1.09 bits per heavy atom. The van der Waals surface area contributed by atoms with Gasteiger partial charge in [0.05, 0.1) is 0 Å². The predicted molar refractivity (Wildman–Crippen MR) is 91.4 cm³/mol. The number of rotatable bonds is 5. The van der Waals surface area contributed by atoms with Gasteiger partial charge in [-0.05, 0) is 47.2 Å². The Morgan fingerprint density at radius 3 is 1.41 bits per heavy atom. The van der Waals surface area contributed by atoms with Gasteiger partial charge in [0.1, 0.15) is 11.5 Å². The average molecular weight is 298 g/mol. The highest BCUT2D eigenvalue weighted by Gasteiger charge is 2.43. The Balaban J connectivity index is 2.63. The molecule has 0 aliphatic rings. The van der Waals surface area contributed by atoms with Gasteiger partial charge in [0.2, 0.25) is 0 Å². The molecule has 0 bridgehead atoms. The van der Waals surface area contributed by atoms with Crippen molar-refractivity contribution in [2.45, 2.75) is 46.0 Å². The van der Waals surface area contributed by atoms with Crippen LogP contribution in [0.25, 0.3) is 0 Å². The predicted octanol–water partition coefficient (Wildman–Crippen LogP) is 5.23. The summed E-state index contributed by atoms with van der Waals surface area (Å²) in [6, 6.07) is 15.0. The largest absolute Gasteiger partial charge is 0.508 e. The van der Waals surface area contributed by atoms with Crippen molar-refractivity contribution < 1.29 is 10.2 Å². The van der Waals surface area contributed by atoms with Gasteiger partial charge in [-0.1, -0.05) is 58.4 Å². The maximum atomic E-state index is 9.60. The molecule has 2 N–H and O–H groups in total. The molecule has 0 radical (unpaired) electrons. The van der Waals surface area contributed by atoms with Crippen molar-refractivity contribution in [1.29, 1.82) is 0 Å². The lowest BCUT2D eigenvalue weighted by Gasteiger charge is -2.46. The third-order valence-corrected chi connectivity index (χ3v) is 5.12. The van der Waals surface area contributed by atoms with Gasteiger partial charge < -0.3 is 10.2 Å². The molecule has 2 nitrogen and oxygen atoms in total. The van der Waals surface area contributed by atoms with Crippen molar-refractivity contribution in [1.82, 2.24) is 0 Å². The van der Waals surface area contributed by atoms with Gasteiger partial charge >= 0.3 is 0 Å². The van der Waals surface area contributed by atoms with E-state index in [0.29, 0.717) is 0 Å². The van der Waals surface area contributed by atoms with Crippen LogP contribution in [0.5, 0.6) is 11.5 Å². The molecule has 22 heavy (non-hydrogen) atoms. The van der Waals surface area contributed by atoms with E-state index < -0.39 is 0 Å². The summed E-state index contributed by atoms with van der Waals surface area (Å²) >= 11 is 0. The number of benzene rings is 2. The zero-order valence-corrected chi connectivity index (χ0v) is 13.9. The fourth-order valence-electron chi connectivity index (χ4n) is 3.41. The minimum atomic E-state index is -0.204. The highest BCUT2D eigenvalue weighted by molar-refractivity contribution is 5.44. The first-order chi connectivity index (χ1) is 10.3. The fraction of sp³-hybridized carbons (Fsp3) is 0.400. The minimum absolute atomic E-state index is 0.0374. The van der Waals surface area contributed by atoms with Crippen LogP contribution >= 0.6 is 0 Å². The van der Waals surface area contributed by atoms with E-state index in [1.54, 1.807) is 24.3 Å². The van der Waals surface area contributed by atoms with Crippen molar-refractivity contribution in [3.05, 3.63) is 59.7 Å². The number of aromatic hydroxyl groups is 2. The molecule has 2 heteroatoms. The molecular formula is C20H26O2. The van der Waals surface area contributed by atoms with Crippen LogP contribution < -0.4 is 0 Å². The second-order valence-electron chi connectivity index (χ2n) is 6.85. The molecule has 0 amide bonds. The first kappa shape index (κ1) is 16.4. The highest BCUT2D eigenvalue weighted by Crippen LogP contribution is 2.49. The zero-order chi connectivity index (χ0) is 16.4. The van der Waals surface area contributed by atoms with Crippen molar-refractivity contribution in [3.8, 4) is 11.5 Å². The Bertz CT molecular complexity index is 564. The molecular weight excluding hydrogens is 272 g/mol. The first-order valence-corrected chi connectivity index (χ1v) is 7.90. The normalized spacial score (nSPS) is 12.4. The maximum absolute atomic E-state index is 9.60. The molecule has 0 aliphatic carbocycles. The number of hydrogen-bond donors (Lipinski definition) is 2. The maximum Gasteiger partial charge on any atom is 0.115 e. The van der Waals surface area contributed by atoms with Crippen LogP contribution in [0.2, 0.25) is 0 Å². The fourth-order valence-corrected chi connectivity index (χ4v) is 3.41. The number of hydrogen-bond acceptors (Lipinski definition) is 2. The smallest absolute Gasteiger partial charge is 0.115 e. The van der Waals surface area contributed by atoms with Crippen LogP contribution in [0, 0.1) is 5.41 Å². The summed E-state index contributed by atoms with van der Waals surface area (Å²) in [4.78, 5) is 0. The Hall–Kier alpha value is -1.96. The molecule has 0 heterocycles. The molecule has 0 spiro atoms. The van der Waals surface area contributed by atoms with Crippen molar-refractivity contribution in [2.75, 3.05) is 0 Å². The third-order valence-electron chi connectivity index (χ3n) is 5.12. The molecule has 0 aromatic heterocycles. The van der Waals surface area contributed by atoms with Crippen LogP contribution in [-0.4, -0.2) is 10.2 Å². The van der Waals surface area contributed by atoms with E-state index >= 15 is 0 Å². The lowest BCUT2D eigenvalue weighted by atomic mass is 9.58. The molecule has 0 saturated heterocycles. The molecule has 2 aromatic carbocycles. The lowest BCUT2D eigenvalue weighted by molar-refractivity contribution is 0.199. The molecule has 0 saturated carbocycles. The van der Waals surface area contributed by atoms with E-state index in [2.05, 4.69) is 27.7 Å². The van der Waals surface area contributed by atoms with Gasteiger partial charge in [0, 0.05) is 5.41 Å². The molecule has 0 unspecified atom stereocenters. The topological polar surface area (TPSA) is 40.5 Å². The average Bonchev–Trinajstić information content (AvgIpc) is 2.47. The summed E-state index contributed by atoms with van der Waals surface area (Å²) in [5, 5.41) is 19.2. The summed E-state index contributed by atoms with van der Waals surface area (Å²) in [6.45, 7) is 9.03. The van der Waals surface area contributed by atoms with Gasteiger partial charge in [0.25, 0.3) is 0 Å². The van der Waals surface area contributed by atoms with Crippen LogP contribution in [0.1, 0.15) is 51.7 Å². The van der Waals surface area contributed by atoms with Gasteiger partial charge in [-0.15, -0.1) is 0 Å². The van der Waals surface area contributed by atoms with E-state index in [1.807, 2.05) is 24.3 Å². The van der Waals surface area contributed by atoms with E-state index in [9.17, 15) is 10.2 Å². The molecule has 2 rings (SSSR count). The molecule has 0 fully saturated rings. The number of phenolic OH excluding ortho intramolecular Hbond substituents is 2. The van der Waals surface area contributed by atoms with E-state index in [1.165, 1.54) is 11.1 Å². The summed E-state index contributed by atoms with van der Waals surface area (Å²) in [7, 11) is 0. The summed E-state index contributed by atoms with van der Waals surface area (Å²) in [5.74, 6) is 0.565. The molecule has 0 aliphatic heterocycles. The Kier molecular flexibility index (Phi) is 4.50. The minimum Gasteiger partial charge on any atom is -0.508 e. The third kappa shape index (κ3) is 2.83. The highest BCUT2D eigenvalue weighted by atomic mass is 16.3. The van der Waals surface area contributed by atoms with Crippen LogP contribution in [-0.2, 0) is 5.41 Å². The summed E-state index contributed by atoms with van der Waals surface area (Å²) < 4.78 is 0.